The quantitative estimate of drug-likeness (QED) is 0.698. The number of aryl methyl sites for hydroxylation is 1. The number of carbonyl (C=O) groups excluding carboxylic acids is 2. The van der Waals surface area contributed by atoms with Crippen LogP contribution in [0.25, 0.3) is 0 Å². The maximum absolute atomic E-state index is 11.2. The number of nitrogens with zero attached hydrogens (tertiary/aromatic N) is 1. The molecule has 1 aromatic carbocycles. The Morgan fingerprint density at radius 2 is 1.94 bits per heavy atom. The highest BCUT2D eigenvalue weighted by molar-refractivity contribution is 7.82. The predicted octanol–water partition coefficient (Wildman–Crippen LogP) is 0.832. The topological polar surface area (TPSA) is 98.7 Å². The molecule has 3 amide bonds. The lowest BCUT2D eigenvalue weighted by molar-refractivity contribution is 0.0999. The molecule has 1 rings (SSSR count). The second-order valence-electron chi connectivity index (χ2n) is 3.35. The second kappa shape index (κ2) is 4.96. The number of rotatable bonds is 3. The molecule has 17 heavy (non-hydrogen) atoms. The molecule has 6 nitrogen and oxygen atoms in total. The summed E-state index contributed by atoms with van der Waals surface area (Å²) in [6, 6.07) is 2.21. The Morgan fingerprint density at radius 1 is 1.35 bits per heavy atom. The van der Waals surface area contributed by atoms with Crippen molar-refractivity contribution in [2.75, 3.05) is 11.4 Å². The van der Waals surface area contributed by atoms with Crippen LogP contribution in [0.5, 0.6) is 5.75 Å². The van der Waals surface area contributed by atoms with Crippen molar-refractivity contribution in [1.29, 1.82) is 0 Å². The van der Waals surface area contributed by atoms with Gasteiger partial charge < -0.3 is 16.2 Å². The van der Waals surface area contributed by atoms with Crippen LogP contribution in [0.4, 0.5) is 10.5 Å². The highest BCUT2D eigenvalue weighted by Crippen LogP contribution is 2.32. The third kappa shape index (κ3) is 2.62. The molecular weight excluding hydrogens is 242 g/mol. The standard InChI is InChI=1S/C10H13N3O3S/c1-5-3-8(16-2)7(13(17)10(12)15)4-6(5)9(11)14/h3-4,17H,1-2H3,(H2,11,14)(H2,12,15). The van der Waals surface area contributed by atoms with E-state index in [9.17, 15) is 9.59 Å². The van der Waals surface area contributed by atoms with Crippen molar-refractivity contribution < 1.29 is 14.3 Å². The number of primary amides is 2. The third-order valence-corrected chi connectivity index (χ3v) is 2.64. The Labute approximate surface area is 104 Å². The Bertz CT molecular complexity index is 476. The van der Waals surface area contributed by atoms with E-state index in [0.717, 1.165) is 4.31 Å². The number of ether oxygens (including phenoxy) is 1. The first-order chi connectivity index (χ1) is 7.88. The van der Waals surface area contributed by atoms with Crippen molar-refractivity contribution in [2.24, 2.45) is 11.5 Å². The molecule has 0 fully saturated rings. The van der Waals surface area contributed by atoms with Crippen molar-refractivity contribution >= 4 is 30.4 Å². The van der Waals surface area contributed by atoms with E-state index in [0.29, 0.717) is 11.3 Å². The summed E-state index contributed by atoms with van der Waals surface area (Å²) in [6.07, 6.45) is 0. The molecule has 0 bridgehead atoms. The van der Waals surface area contributed by atoms with Crippen LogP contribution in [-0.4, -0.2) is 19.0 Å². The van der Waals surface area contributed by atoms with Gasteiger partial charge in [-0.3, -0.25) is 4.79 Å². The van der Waals surface area contributed by atoms with Gasteiger partial charge in [-0.2, -0.15) is 0 Å². The van der Waals surface area contributed by atoms with E-state index in [2.05, 4.69) is 12.8 Å². The van der Waals surface area contributed by atoms with Crippen molar-refractivity contribution in [3.8, 4) is 5.75 Å². The minimum Gasteiger partial charge on any atom is -0.495 e. The van der Waals surface area contributed by atoms with E-state index < -0.39 is 11.9 Å². The first-order valence-electron chi connectivity index (χ1n) is 4.65. The summed E-state index contributed by atoms with van der Waals surface area (Å²) < 4.78 is 5.96. The molecule has 0 saturated carbocycles. The fourth-order valence-corrected chi connectivity index (χ4v) is 1.54. The number of benzene rings is 1. The molecule has 0 aliphatic rings. The summed E-state index contributed by atoms with van der Waals surface area (Å²) >= 11 is 3.91. The monoisotopic (exact) mass is 255 g/mol. The highest BCUT2D eigenvalue weighted by Gasteiger charge is 2.17. The molecule has 0 aromatic heterocycles. The maximum atomic E-state index is 11.2. The van der Waals surface area contributed by atoms with Crippen LogP contribution in [-0.2, 0) is 0 Å². The van der Waals surface area contributed by atoms with Gasteiger partial charge in [0.1, 0.15) is 5.75 Å². The molecule has 0 radical (unpaired) electrons. The van der Waals surface area contributed by atoms with Gasteiger partial charge in [-0.1, -0.05) is 12.8 Å². The SMILES string of the molecule is COc1cc(C)c(C(N)=O)cc1N(S)C(N)=O. The first-order valence-corrected chi connectivity index (χ1v) is 5.05. The lowest BCUT2D eigenvalue weighted by Gasteiger charge is -2.18. The van der Waals surface area contributed by atoms with Gasteiger partial charge in [0.2, 0.25) is 5.91 Å². The average Bonchev–Trinajstić information content (AvgIpc) is 2.26. The Morgan fingerprint density at radius 3 is 2.35 bits per heavy atom. The van der Waals surface area contributed by atoms with Crippen molar-refractivity contribution in [3.05, 3.63) is 23.3 Å². The van der Waals surface area contributed by atoms with Crippen LogP contribution in [0, 0.1) is 6.92 Å². The van der Waals surface area contributed by atoms with Gasteiger partial charge in [0.05, 0.1) is 12.8 Å². The molecule has 1 aromatic rings. The van der Waals surface area contributed by atoms with Gasteiger partial charge in [0.15, 0.2) is 0 Å². The van der Waals surface area contributed by atoms with Crippen molar-refractivity contribution in [3.63, 3.8) is 0 Å². The number of hydrogen-bond donors (Lipinski definition) is 3. The highest BCUT2D eigenvalue weighted by atomic mass is 32.1. The number of nitrogens with two attached hydrogens (primary N) is 2. The second-order valence-corrected chi connectivity index (χ2v) is 3.75. The van der Waals surface area contributed by atoms with Gasteiger partial charge in [-0.15, -0.1) is 0 Å². The number of urea groups is 1. The Kier molecular flexibility index (Phi) is 3.84. The molecule has 0 saturated heterocycles. The zero-order valence-electron chi connectivity index (χ0n) is 9.43. The maximum Gasteiger partial charge on any atom is 0.329 e. The zero-order chi connectivity index (χ0) is 13.2. The number of methoxy groups -OCH3 is 1. The van der Waals surface area contributed by atoms with Gasteiger partial charge in [-0.25, -0.2) is 9.10 Å². The van der Waals surface area contributed by atoms with Crippen molar-refractivity contribution in [2.45, 2.75) is 6.92 Å². The minimum atomic E-state index is -0.786. The van der Waals surface area contributed by atoms with E-state index in [1.54, 1.807) is 13.0 Å². The zero-order valence-corrected chi connectivity index (χ0v) is 10.3. The lowest BCUT2D eigenvalue weighted by atomic mass is 10.1. The molecule has 92 valence electrons. The smallest absolute Gasteiger partial charge is 0.329 e. The summed E-state index contributed by atoms with van der Waals surface area (Å²) in [6.45, 7) is 1.71. The van der Waals surface area contributed by atoms with Gasteiger partial charge in [0.25, 0.3) is 0 Å². The normalized spacial score (nSPS) is 9.82. The molecule has 0 unspecified atom stereocenters. The summed E-state index contributed by atoms with van der Waals surface area (Å²) in [5.41, 5.74) is 11.5. The molecule has 0 spiro atoms. The largest absolute Gasteiger partial charge is 0.495 e. The van der Waals surface area contributed by atoms with Crippen LogP contribution in [0.3, 0.4) is 0 Å². The molecule has 0 heterocycles. The summed E-state index contributed by atoms with van der Waals surface area (Å²) in [5, 5.41) is 0. The summed E-state index contributed by atoms with van der Waals surface area (Å²) in [4.78, 5) is 22.2. The first kappa shape index (κ1) is 13.2. The number of carbonyl (C=O) groups is 2. The van der Waals surface area contributed by atoms with Crippen molar-refractivity contribution in [1.82, 2.24) is 0 Å². The molecule has 0 atom stereocenters. The van der Waals surface area contributed by atoms with E-state index >= 15 is 0 Å². The number of amides is 3. The van der Waals surface area contributed by atoms with Crippen LogP contribution < -0.4 is 20.5 Å². The molecule has 0 aliphatic heterocycles. The fourth-order valence-electron chi connectivity index (χ4n) is 1.38. The van der Waals surface area contributed by atoms with Crippen LogP contribution in [0.15, 0.2) is 12.1 Å². The lowest BCUT2D eigenvalue weighted by Crippen LogP contribution is -2.28. The summed E-state index contributed by atoms with van der Waals surface area (Å²) in [5.74, 6) is -0.223. The van der Waals surface area contributed by atoms with E-state index in [-0.39, 0.29) is 11.3 Å². The molecule has 0 aliphatic carbocycles. The predicted molar refractivity (Wildman–Crippen MR) is 67.3 cm³/mol. The number of anilines is 1. The molecule has 4 N–H and O–H groups in total. The van der Waals surface area contributed by atoms with Gasteiger partial charge in [-0.05, 0) is 24.6 Å². The van der Waals surface area contributed by atoms with E-state index in [4.69, 9.17) is 16.2 Å². The Hall–Kier alpha value is -1.89. The van der Waals surface area contributed by atoms with E-state index in [1.807, 2.05) is 0 Å². The molecule has 7 heteroatoms. The molecular formula is C10H13N3O3S. The van der Waals surface area contributed by atoms with Crippen LogP contribution >= 0.6 is 12.8 Å². The van der Waals surface area contributed by atoms with Crippen LogP contribution in [0.1, 0.15) is 15.9 Å². The van der Waals surface area contributed by atoms with Crippen LogP contribution in [0.2, 0.25) is 0 Å². The minimum absolute atomic E-state index is 0.266. The summed E-state index contributed by atoms with van der Waals surface area (Å²) in [7, 11) is 1.44. The van der Waals surface area contributed by atoms with E-state index in [1.165, 1.54) is 13.2 Å². The average molecular weight is 255 g/mol. The number of thiol groups is 1. The van der Waals surface area contributed by atoms with Gasteiger partial charge in [0, 0.05) is 5.56 Å². The third-order valence-electron chi connectivity index (χ3n) is 2.23. The fraction of sp³-hybridized carbons (Fsp3) is 0.200. The Balaban J connectivity index is 3.41. The number of hydrogen-bond acceptors (Lipinski definition) is 4. The van der Waals surface area contributed by atoms with Gasteiger partial charge >= 0.3 is 6.03 Å².